The normalized spacial score (nSPS) is 12.3. The van der Waals surface area contributed by atoms with Gasteiger partial charge in [-0.05, 0) is 11.6 Å². The molecule has 7 nitrogen and oxygen atoms in total. The summed E-state index contributed by atoms with van der Waals surface area (Å²) in [6.45, 7) is -1.43. The number of aryl methyl sites for hydroxylation is 1. The lowest BCUT2D eigenvalue weighted by Crippen LogP contribution is -2.16. The predicted molar refractivity (Wildman–Crippen MR) is 86.2 cm³/mol. The lowest BCUT2D eigenvalue weighted by atomic mass is 10.1. The Morgan fingerprint density at radius 3 is 2.85 bits per heavy atom. The third kappa shape index (κ3) is 3.10. The number of nitrogens with zero attached hydrogens (tertiary/aromatic N) is 6. The second kappa shape index (κ2) is 6.06. The highest BCUT2D eigenvalue weighted by atomic mass is 19.4. The lowest BCUT2D eigenvalue weighted by Gasteiger charge is -2.08. The Kier molecular flexibility index (Phi) is 3.83. The molecule has 134 valence electrons. The molecule has 0 aliphatic rings. The van der Waals surface area contributed by atoms with Gasteiger partial charge in [0, 0.05) is 12.6 Å². The molecule has 0 spiro atoms. The van der Waals surface area contributed by atoms with E-state index in [-0.39, 0.29) is 6.61 Å². The minimum absolute atomic E-state index is 0.144. The van der Waals surface area contributed by atoms with Crippen molar-refractivity contribution in [1.29, 1.82) is 0 Å². The number of halogens is 3. The van der Waals surface area contributed by atoms with Gasteiger partial charge in [0.25, 0.3) is 0 Å². The summed E-state index contributed by atoms with van der Waals surface area (Å²) < 4.78 is 44.5. The van der Waals surface area contributed by atoms with Crippen LogP contribution in [0.15, 0.2) is 36.8 Å². The van der Waals surface area contributed by atoms with Gasteiger partial charge in [-0.2, -0.15) is 18.3 Å². The Labute approximate surface area is 145 Å². The highest BCUT2D eigenvalue weighted by Gasteiger charge is 2.27. The number of alkyl halides is 3. The van der Waals surface area contributed by atoms with Crippen LogP contribution in [0.25, 0.3) is 28.1 Å². The van der Waals surface area contributed by atoms with Gasteiger partial charge in [0.05, 0.1) is 18.2 Å². The number of rotatable bonds is 4. The summed E-state index contributed by atoms with van der Waals surface area (Å²) in [6, 6.07) is 6.91. The molecule has 0 saturated heterocycles. The van der Waals surface area contributed by atoms with E-state index < -0.39 is 12.8 Å². The van der Waals surface area contributed by atoms with Gasteiger partial charge in [0.2, 0.25) is 0 Å². The van der Waals surface area contributed by atoms with Crippen LogP contribution < -0.4 is 0 Å². The zero-order chi connectivity index (χ0) is 18.3. The topological polar surface area (TPSA) is 70.1 Å². The first-order chi connectivity index (χ1) is 12.4. The van der Waals surface area contributed by atoms with Crippen LogP contribution in [0.3, 0.4) is 0 Å². The average molecular weight is 362 g/mol. The maximum absolute atomic E-state index is 12.2. The molecule has 0 amide bonds. The first-order valence-corrected chi connectivity index (χ1v) is 7.67. The SMILES string of the molecule is Cn1ncc2c1ncn1nc(-c3cccc(COCC(F)(F)F)c3)nc21. The van der Waals surface area contributed by atoms with Crippen molar-refractivity contribution >= 4 is 16.7 Å². The zero-order valence-corrected chi connectivity index (χ0v) is 13.6. The Balaban J connectivity index is 1.65. The molecule has 0 aliphatic carbocycles. The summed E-state index contributed by atoms with van der Waals surface area (Å²) in [5, 5.41) is 9.31. The maximum Gasteiger partial charge on any atom is 0.411 e. The molecule has 3 aromatic heterocycles. The molecule has 10 heteroatoms. The maximum atomic E-state index is 12.2. The van der Waals surface area contributed by atoms with Crippen LogP contribution in [0.4, 0.5) is 13.2 Å². The smallest absolute Gasteiger partial charge is 0.367 e. The van der Waals surface area contributed by atoms with Crippen molar-refractivity contribution in [3.63, 3.8) is 0 Å². The highest BCUT2D eigenvalue weighted by molar-refractivity contribution is 5.88. The molecule has 26 heavy (non-hydrogen) atoms. The van der Waals surface area contributed by atoms with Crippen LogP contribution in [0.5, 0.6) is 0 Å². The predicted octanol–water partition coefficient (Wildman–Crippen LogP) is 2.76. The number of aromatic nitrogens is 6. The first kappa shape index (κ1) is 16.5. The molecule has 1 aromatic carbocycles. The van der Waals surface area contributed by atoms with Crippen molar-refractivity contribution in [3.8, 4) is 11.4 Å². The van der Waals surface area contributed by atoms with Gasteiger partial charge in [-0.1, -0.05) is 18.2 Å². The van der Waals surface area contributed by atoms with E-state index in [1.807, 2.05) is 0 Å². The lowest BCUT2D eigenvalue weighted by molar-refractivity contribution is -0.176. The van der Waals surface area contributed by atoms with Gasteiger partial charge in [-0.25, -0.2) is 14.5 Å². The summed E-state index contributed by atoms with van der Waals surface area (Å²) in [4.78, 5) is 8.81. The van der Waals surface area contributed by atoms with Gasteiger partial charge >= 0.3 is 6.18 Å². The standard InChI is InChI=1S/C16H13F3N6O/c1-24-14-12(6-21-24)15-22-13(23-25(15)9-20-14)11-4-2-3-10(5-11)7-26-8-16(17,18)19/h2-6,9H,7-8H2,1H3. The highest BCUT2D eigenvalue weighted by Crippen LogP contribution is 2.22. The Morgan fingerprint density at radius 1 is 1.19 bits per heavy atom. The van der Waals surface area contributed by atoms with E-state index in [2.05, 4.69) is 20.2 Å². The third-order valence-corrected chi connectivity index (χ3v) is 3.79. The van der Waals surface area contributed by atoms with Crippen LogP contribution in [0.1, 0.15) is 5.56 Å². The zero-order valence-electron chi connectivity index (χ0n) is 13.6. The summed E-state index contributed by atoms with van der Waals surface area (Å²) in [7, 11) is 1.79. The molecule has 0 radical (unpaired) electrons. The van der Waals surface area contributed by atoms with Crippen molar-refractivity contribution in [2.45, 2.75) is 12.8 Å². The van der Waals surface area contributed by atoms with Gasteiger partial charge in [0.15, 0.2) is 17.1 Å². The van der Waals surface area contributed by atoms with Crippen molar-refractivity contribution in [3.05, 3.63) is 42.4 Å². The molecular weight excluding hydrogens is 349 g/mol. The van der Waals surface area contributed by atoms with Crippen LogP contribution in [-0.4, -0.2) is 42.1 Å². The molecular formula is C16H13F3N6O. The monoisotopic (exact) mass is 362 g/mol. The van der Waals surface area contributed by atoms with E-state index in [1.165, 1.54) is 0 Å². The molecule has 0 unspecified atom stereocenters. The van der Waals surface area contributed by atoms with E-state index in [0.717, 1.165) is 5.39 Å². The molecule has 4 rings (SSSR count). The van der Waals surface area contributed by atoms with E-state index in [0.29, 0.717) is 28.2 Å². The molecule has 3 heterocycles. The van der Waals surface area contributed by atoms with Gasteiger partial charge in [-0.15, -0.1) is 5.10 Å². The molecule has 0 bridgehead atoms. The fraction of sp³-hybridized carbons (Fsp3) is 0.250. The molecule has 0 fully saturated rings. The number of benzene rings is 1. The Morgan fingerprint density at radius 2 is 2.04 bits per heavy atom. The van der Waals surface area contributed by atoms with Crippen molar-refractivity contribution in [2.75, 3.05) is 6.61 Å². The molecule has 0 N–H and O–H groups in total. The summed E-state index contributed by atoms with van der Waals surface area (Å²) >= 11 is 0. The fourth-order valence-electron chi connectivity index (χ4n) is 2.65. The average Bonchev–Trinajstić information content (AvgIpc) is 3.18. The van der Waals surface area contributed by atoms with E-state index in [1.54, 1.807) is 53.0 Å². The van der Waals surface area contributed by atoms with Gasteiger partial charge < -0.3 is 4.74 Å². The van der Waals surface area contributed by atoms with Crippen LogP contribution in [-0.2, 0) is 18.4 Å². The van der Waals surface area contributed by atoms with Crippen molar-refractivity contribution < 1.29 is 17.9 Å². The van der Waals surface area contributed by atoms with Crippen LogP contribution in [0.2, 0.25) is 0 Å². The first-order valence-electron chi connectivity index (χ1n) is 7.67. The molecule has 0 aliphatic heterocycles. The number of hydrogen-bond acceptors (Lipinski definition) is 5. The Bertz CT molecular complexity index is 1080. The quantitative estimate of drug-likeness (QED) is 0.558. The van der Waals surface area contributed by atoms with Crippen LogP contribution >= 0.6 is 0 Å². The fourth-order valence-corrected chi connectivity index (χ4v) is 2.65. The van der Waals surface area contributed by atoms with Crippen molar-refractivity contribution in [2.24, 2.45) is 7.05 Å². The third-order valence-electron chi connectivity index (χ3n) is 3.79. The van der Waals surface area contributed by atoms with Gasteiger partial charge in [-0.3, -0.25) is 4.68 Å². The summed E-state index contributed by atoms with van der Waals surface area (Å²) in [5.41, 5.74) is 2.58. The van der Waals surface area contributed by atoms with E-state index in [4.69, 9.17) is 4.74 Å². The van der Waals surface area contributed by atoms with E-state index >= 15 is 0 Å². The number of hydrogen-bond donors (Lipinski definition) is 0. The largest absolute Gasteiger partial charge is 0.411 e. The minimum atomic E-state index is -4.34. The van der Waals surface area contributed by atoms with E-state index in [9.17, 15) is 13.2 Å². The summed E-state index contributed by atoms with van der Waals surface area (Å²) in [5.74, 6) is 0.445. The second-order valence-corrected chi connectivity index (χ2v) is 5.76. The number of fused-ring (bicyclic) bond motifs is 3. The second-order valence-electron chi connectivity index (χ2n) is 5.76. The molecule has 0 saturated carbocycles. The van der Waals surface area contributed by atoms with Gasteiger partial charge in [0.1, 0.15) is 12.9 Å². The van der Waals surface area contributed by atoms with Crippen LogP contribution in [0, 0.1) is 0 Å². The minimum Gasteiger partial charge on any atom is -0.367 e. The Hall–Kier alpha value is -3.01. The van der Waals surface area contributed by atoms with Crippen molar-refractivity contribution in [1.82, 2.24) is 29.4 Å². The molecule has 4 aromatic rings. The summed E-state index contributed by atoms with van der Waals surface area (Å²) in [6.07, 6.45) is -1.13. The molecule has 0 atom stereocenters. The number of ether oxygens (including phenoxy) is 1.